The van der Waals surface area contributed by atoms with Crippen LogP contribution >= 0.6 is 0 Å². The molecule has 2 aromatic rings. The third-order valence-corrected chi connectivity index (χ3v) is 4.42. The van der Waals surface area contributed by atoms with Crippen molar-refractivity contribution in [2.45, 2.75) is 32.4 Å². The Labute approximate surface area is 170 Å². The van der Waals surface area contributed by atoms with E-state index in [2.05, 4.69) is 4.98 Å². The van der Waals surface area contributed by atoms with Crippen molar-refractivity contribution >= 4 is 11.9 Å². The van der Waals surface area contributed by atoms with Crippen LogP contribution in [0, 0.1) is 0 Å². The van der Waals surface area contributed by atoms with Crippen LogP contribution in [-0.2, 0) is 24.2 Å². The summed E-state index contributed by atoms with van der Waals surface area (Å²) in [4.78, 5) is 29.4. The molecule has 2 aromatic heterocycles. The minimum absolute atomic E-state index is 0.0803. The smallest absolute Gasteiger partial charge is 0.300 e. The lowest BCUT2D eigenvalue weighted by Crippen LogP contribution is -2.32. The number of rotatable bonds is 5. The summed E-state index contributed by atoms with van der Waals surface area (Å²) in [6.45, 7) is 1.89. The SMILES string of the molecule is CC(=O)O.CN(C)CC(O)Cn1nc2c(c1C(=O)N(C)C)CCc1cnccc1-2. The molecule has 1 atom stereocenters. The number of carbonyl (C=O) groups excluding carboxylic acids is 1. The molecule has 9 heteroatoms. The zero-order valence-corrected chi connectivity index (χ0v) is 17.6. The van der Waals surface area contributed by atoms with Gasteiger partial charge in [0, 0.05) is 51.1 Å². The summed E-state index contributed by atoms with van der Waals surface area (Å²) in [6.07, 6.45) is 4.62. The molecule has 9 nitrogen and oxygen atoms in total. The molecule has 2 heterocycles. The van der Waals surface area contributed by atoms with Gasteiger partial charge < -0.3 is 20.0 Å². The number of amides is 1. The summed E-state index contributed by atoms with van der Waals surface area (Å²) in [5.41, 5.74) is 4.57. The molecule has 2 N–H and O–H groups in total. The first-order valence-electron chi connectivity index (χ1n) is 9.38. The fourth-order valence-electron chi connectivity index (χ4n) is 3.33. The molecule has 29 heavy (non-hydrogen) atoms. The van der Waals surface area contributed by atoms with E-state index in [1.165, 1.54) is 0 Å². The molecule has 1 amide bonds. The van der Waals surface area contributed by atoms with Gasteiger partial charge in [-0.15, -0.1) is 0 Å². The molecule has 0 spiro atoms. The van der Waals surface area contributed by atoms with Crippen LogP contribution in [0.5, 0.6) is 0 Å². The summed E-state index contributed by atoms with van der Waals surface area (Å²) in [6, 6.07) is 1.95. The van der Waals surface area contributed by atoms with Gasteiger partial charge in [0.15, 0.2) is 0 Å². The highest BCUT2D eigenvalue weighted by atomic mass is 16.4. The number of carboxylic acids is 1. The maximum atomic E-state index is 12.8. The molecule has 0 saturated carbocycles. The van der Waals surface area contributed by atoms with E-state index in [0.717, 1.165) is 42.1 Å². The predicted molar refractivity (Wildman–Crippen MR) is 109 cm³/mol. The maximum Gasteiger partial charge on any atom is 0.300 e. The number of likely N-dealkylation sites (N-methyl/N-ethyl adjacent to an activating group) is 1. The Kier molecular flexibility index (Phi) is 7.46. The largest absolute Gasteiger partial charge is 0.481 e. The van der Waals surface area contributed by atoms with Crippen molar-refractivity contribution < 1.29 is 19.8 Å². The highest BCUT2D eigenvalue weighted by Gasteiger charge is 2.29. The number of fused-ring (bicyclic) bond motifs is 3. The Morgan fingerprint density at radius 2 is 1.90 bits per heavy atom. The number of aliphatic hydroxyl groups is 1. The number of pyridine rings is 1. The van der Waals surface area contributed by atoms with E-state index in [9.17, 15) is 9.90 Å². The van der Waals surface area contributed by atoms with Gasteiger partial charge in [0.1, 0.15) is 5.69 Å². The Hall–Kier alpha value is -2.78. The first-order valence-corrected chi connectivity index (χ1v) is 9.38. The summed E-state index contributed by atoms with van der Waals surface area (Å²) >= 11 is 0. The molecular weight excluding hydrogens is 374 g/mol. The molecule has 0 fully saturated rings. The lowest BCUT2D eigenvalue weighted by molar-refractivity contribution is -0.134. The van der Waals surface area contributed by atoms with E-state index < -0.39 is 12.1 Å². The Morgan fingerprint density at radius 1 is 1.24 bits per heavy atom. The molecule has 0 bridgehead atoms. The highest BCUT2D eigenvalue weighted by Crippen LogP contribution is 2.34. The molecule has 0 aliphatic heterocycles. The van der Waals surface area contributed by atoms with Gasteiger partial charge >= 0.3 is 0 Å². The van der Waals surface area contributed by atoms with Gasteiger partial charge in [-0.2, -0.15) is 5.10 Å². The van der Waals surface area contributed by atoms with Gasteiger partial charge in [-0.3, -0.25) is 19.3 Å². The van der Waals surface area contributed by atoms with E-state index in [4.69, 9.17) is 15.0 Å². The zero-order valence-electron chi connectivity index (χ0n) is 17.6. The average molecular weight is 403 g/mol. The van der Waals surface area contributed by atoms with Crippen molar-refractivity contribution in [3.05, 3.63) is 35.3 Å². The molecule has 1 aliphatic carbocycles. The monoisotopic (exact) mass is 403 g/mol. The molecule has 3 rings (SSSR count). The number of aryl methyl sites for hydroxylation is 1. The molecular formula is C20H29N5O4. The number of aromatic nitrogens is 3. The van der Waals surface area contributed by atoms with Gasteiger partial charge in [0.05, 0.1) is 18.3 Å². The van der Waals surface area contributed by atoms with Crippen molar-refractivity contribution in [3.8, 4) is 11.3 Å². The molecule has 1 aliphatic rings. The molecule has 0 saturated heterocycles. The highest BCUT2D eigenvalue weighted by molar-refractivity contribution is 5.96. The first-order chi connectivity index (χ1) is 13.6. The van der Waals surface area contributed by atoms with Crippen LogP contribution in [0.25, 0.3) is 11.3 Å². The minimum atomic E-state index is -0.833. The standard InChI is InChI=1S/C18H25N5O2.C2H4O2/c1-21(2)10-13(24)11-23-17(18(25)22(3)4)15-6-5-12-9-19-8-7-14(12)16(15)20-23;1-2(3)4/h7-9,13,24H,5-6,10-11H2,1-4H3;1H3,(H,3,4). The average Bonchev–Trinajstić information content (AvgIpc) is 2.97. The molecule has 0 radical (unpaired) electrons. The third kappa shape index (κ3) is 5.61. The Bertz CT molecular complexity index is 872. The third-order valence-electron chi connectivity index (χ3n) is 4.42. The number of nitrogens with zero attached hydrogens (tertiary/aromatic N) is 5. The van der Waals surface area contributed by atoms with Crippen molar-refractivity contribution in [3.63, 3.8) is 0 Å². The number of carboxylic acid groups (broad SMARTS) is 1. The molecule has 1 unspecified atom stereocenters. The topological polar surface area (TPSA) is 112 Å². The summed E-state index contributed by atoms with van der Waals surface area (Å²) in [5, 5.41) is 22.5. The van der Waals surface area contributed by atoms with Crippen LogP contribution in [0.2, 0.25) is 0 Å². The van der Waals surface area contributed by atoms with Crippen LogP contribution in [-0.4, -0.2) is 87.5 Å². The maximum absolute atomic E-state index is 12.8. The van der Waals surface area contributed by atoms with Crippen molar-refractivity contribution in [2.24, 2.45) is 0 Å². The van der Waals surface area contributed by atoms with Crippen LogP contribution in [0.3, 0.4) is 0 Å². The minimum Gasteiger partial charge on any atom is -0.481 e. The van der Waals surface area contributed by atoms with E-state index >= 15 is 0 Å². The molecule has 158 valence electrons. The second-order valence-corrected chi connectivity index (χ2v) is 7.53. The Morgan fingerprint density at radius 3 is 2.48 bits per heavy atom. The van der Waals surface area contributed by atoms with Crippen LogP contribution in [0.1, 0.15) is 28.5 Å². The number of hydrogen-bond acceptors (Lipinski definition) is 6. The van der Waals surface area contributed by atoms with Gasteiger partial charge in [0.2, 0.25) is 0 Å². The van der Waals surface area contributed by atoms with Crippen molar-refractivity contribution in [1.82, 2.24) is 24.6 Å². The fraction of sp³-hybridized carbons (Fsp3) is 0.500. The van der Waals surface area contributed by atoms with Crippen molar-refractivity contribution in [2.75, 3.05) is 34.7 Å². The normalized spacial score (nSPS) is 13.1. The van der Waals surface area contributed by atoms with E-state index in [0.29, 0.717) is 18.8 Å². The van der Waals surface area contributed by atoms with Crippen LogP contribution in [0.4, 0.5) is 0 Å². The van der Waals surface area contributed by atoms with Crippen molar-refractivity contribution in [1.29, 1.82) is 0 Å². The summed E-state index contributed by atoms with van der Waals surface area (Å²) < 4.78 is 1.68. The quantitative estimate of drug-likeness (QED) is 0.758. The molecule has 0 aromatic carbocycles. The second-order valence-electron chi connectivity index (χ2n) is 7.53. The van der Waals surface area contributed by atoms with Gasteiger partial charge in [-0.1, -0.05) is 0 Å². The lowest BCUT2D eigenvalue weighted by Gasteiger charge is -2.19. The number of aliphatic hydroxyl groups excluding tert-OH is 1. The van der Waals surface area contributed by atoms with Gasteiger partial charge in [-0.25, -0.2) is 0 Å². The number of hydrogen-bond donors (Lipinski definition) is 2. The van der Waals surface area contributed by atoms with Gasteiger partial charge in [0.25, 0.3) is 11.9 Å². The van der Waals surface area contributed by atoms with E-state index in [1.807, 2.05) is 31.3 Å². The van der Waals surface area contributed by atoms with Crippen LogP contribution in [0.15, 0.2) is 18.5 Å². The summed E-state index contributed by atoms with van der Waals surface area (Å²) in [7, 11) is 7.30. The lowest BCUT2D eigenvalue weighted by atomic mass is 9.90. The first kappa shape index (κ1) is 22.5. The van der Waals surface area contributed by atoms with Crippen LogP contribution < -0.4 is 0 Å². The zero-order chi connectivity index (χ0) is 21.7. The predicted octanol–water partition coefficient (Wildman–Crippen LogP) is 0.759. The second kappa shape index (κ2) is 9.62. The summed E-state index contributed by atoms with van der Waals surface area (Å²) in [5.74, 6) is -0.914. The Balaban J connectivity index is 0.000000687. The number of aliphatic carboxylic acids is 1. The van der Waals surface area contributed by atoms with E-state index in [-0.39, 0.29) is 5.91 Å². The van der Waals surface area contributed by atoms with E-state index in [1.54, 1.807) is 29.9 Å². The van der Waals surface area contributed by atoms with Gasteiger partial charge in [-0.05, 0) is 38.6 Å². The number of carbonyl (C=O) groups is 2. The fourth-order valence-corrected chi connectivity index (χ4v) is 3.33.